The van der Waals surface area contributed by atoms with E-state index in [1.807, 2.05) is 29.2 Å². The van der Waals surface area contributed by atoms with Crippen molar-refractivity contribution < 1.29 is 19.4 Å². The van der Waals surface area contributed by atoms with E-state index < -0.39 is 11.8 Å². The van der Waals surface area contributed by atoms with Crippen LogP contribution < -0.4 is 4.74 Å². The number of aryl methyl sites for hydroxylation is 2. The van der Waals surface area contributed by atoms with Crippen molar-refractivity contribution in [3.8, 4) is 5.75 Å². The second-order valence-corrected chi connectivity index (χ2v) is 10.9. The van der Waals surface area contributed by atoms with Gasteiger partial charge in [0, 0.05) is 33.3 Å². The Hall–Kier alpha value is -3.13. The number of urea groups is 1. The molecule has 0 radical (unpaired) electrons. The molecule has 2 heterocycles. The number of amides is 2. The van der Waals surface area contributed by atoms with Gasteiger partial charge in [-0.3, -0.25) is 9.80 Å². The minimum atomic E-state index is -0.878. The third-order valence-electron chi connectivity index (χ3n) is 8.88. The lowest BCUT2D eigenvalue weighted by Gasteiger charge is -2.45. The molecule has 3 aliphatic rings. The fourth-order valence-corrected chi connectivity index (χ4v) is 6.81. The number of rotatable bonds is 8. The van der Waals surface area contributed by atoms with E-state index >= 15 is 0 Å². The van der Waals surface area contributed by atoms with Gasteiger partial charge in [-0.2, -0.15) is 0 Å². The molecule has 7 nitrogen and oxygen atoms in total. The third-order valence-corrected chi connectivity index (χ3v) is 8.88. The molecule has 38 heavy (non-hydrogen) atoms. The van der Waals surface area contributed by atoms with Gasteiger partial charge in [0.2, 0.25) is 0 Å². The van der Waals surface area contributed by atoms with Gasteiger partial charge in [-0.05, 0) is 70.8 Å². The number of piperidine rings is 1. The topological polar surface area (TPSA) is 65.5 Å². The highest BCUT2D eigenvalue weighted by atomic mass is 16.5. The van der Waals surface area contributed by atoms with Crippen LogP contribution in [0.1, 0.15) is 35.1 Å². The standard InChI is InChI=1S/C31H37N3O4/c1-37-18-17-34-30(36)33(20-22-5-3-7-26(19-22)38-2)29(35)31(34)13-15-32(16-14-31)21-25-12-11-24-10-9-23-6-4-8-27(25)28(23)24/h3-8,11-12,19,29,35H,9-10,13-18,20-21H2,1-2H3. The Kier molecular flexibility index (Phi) is 6.76. The molecular weight excluding hydrogens is 478 g/mol. The largest absolute Gasteiger partial charge is 0.497 e. The van der Waals surface area contributed by atoms with Gasteiger partial charge in [-0.25, -0.2) is 4.79 Å². The van der Waals surface area contributed by atoms with Gasteiger partial charge in [0.25, 0.3) is 0 Å². The van der Waals surface area contributed by atoms with E-state index in [9.17, 15) is 9.90 Å². The smallest absolute Gasteiger partial charge is 0.323 e. The summed E-state index contributed by atoms with van der Waals surface area (Å²) in [7, 11) is 3.28. The Morgan fingerprint density at radius 3 is 2.50 bits per heavy atom. The van der Waals surface area contributed by atoms with E-state index in [4.69, 9.17) is 9.47 Å². The number of carbonyl (C=O) groups excluding carboxylic acids is 1. The number of carbonyl (C=O) groups is 1. The maximum Gasteiger partial charge on any atom is 0.323 e. The SMILES string of the molecule is COCCN1C(=O)N(Cc2cccc(OC)c2)C(O)C12CCN(Cc1ccc3c4c(cccc14)CC3)CC2. The summed E-state index contributed by atoms with van der Waals surface area (Å²) in [5.74, 6) is 0.742. The summed E-state index contributed by atoms with van der Waals surface area (Å²) in [4.78, 5) is 19.6. The number of benzene rings is 3. The number of aliphatic hydroxyl groups is 1. The zero-order valence-electron chi connectivity index (χ0n) is 22.4. The number of hydrogen-bond donors (Lipinski definition) is 1. The van der Waals surface area contributed by atoms with Gasteiger partial charge in [0.1, 0.15) is 5.75 Å². The van der Waals surface area contributed by atoms with E-state index in [2.05, 4.69) is 35.2 Å². The minimum Gasteiger partial charge on any atom is -0.497 e. The first-order chi connectivity index (χ1) is 18.5. The van der Waals surface area contributed by atoms with E-state index in [0.29, 0.717) is 19.7 Å². The lowest BCUT2D eigenvalue weighted by molar-refractivity contribution is -0.0601. The second kappa shape index (κ2) is 10.2. The highest BCUT2D eigenvalue weighted by Crippen LogP contribution is 2.41. The first-order valence-corrected chi connectivity index (χ1v) is 13.7. The molecule has 2 amide bonds. The van der Waals surface area contributed by atoms with Crippen molar-refractivity contribution in [2.24, 2.45) is 0 Å². The van der Waals surface area contributed by atoms with Crippen molar-refractivity contribution in [3.05, 3.63) is 76.9 Å². The van der Waals surface area contributed by atoms with Crippen LogP contribution in [0.4, 0.5) is 4.79 Å². The normalized spacial score (nSPS) is 20.7. The number of nitrogens with zero attached hydrogens (tertiary/aromatic N) is 3. The fraction of sp³-hybridized carbons (Fsp3) is 0.452. The lowest BCUT2D eigenvalue weighted by atomic mass is 9.84. The molecule has 200 valence electrons. The van der Waals surface area contributed by atoms with Crippen molar-refractivity contribution >= 4 is 16.8 Å². The molecule has 1 atom stereocenters. The quantitative estimate of drug-likeness (QED) is 0.488. The molecule has 0 aromatic heterocycles. The molecule has 1 aliphatic carbocycles. The molecule has 0 saturated carbocycles. The van der Waals surface area contributed by atoms with Crippen LogP contribution in [0, 0.1) is 0 Å². The van der Waals surface area contributed by atoms with Crippen LogP contribution in [0.2, 0.25) is 0 Å². The summed E-state index contributed by atoms with van der Waals surface area (Å²) in [6.07, 6.45) is 2.84. The average molecular weight is 516 g/mol. The van der Waals surface area contributed by atoms with Crippen molar-refractivity contribution in [2.45, 2.75) is 50.5 Å². The summed E-state index contributed by atoms with van der Waals surface area (Å²) < 4.78 is 10.7. The molecule has 0 bridgehead atoms. The average Bonchev–Trinajstić information content (AvgIpc) is 3.45. The summed E-state index contributed by atoms with van der Waals surface area (Å²) >= 11 is 0. The minimum absolute atomic E-state index is 0.127. The van der Waals surface area contributed by atoms with Gasteiger partial charge in [0.15, 0.2) is 6.23 Å². The molecule has 2 aliphatic heterocycles. The van der Waals surface area contributed by atoms with Crippen LogP contribution >= 0.6 is 0 Å². The van der Waals surface area contributed by atoms with E-state index in [0.717, 1.165) is 56.6 Å². The van der Waals surface area contributed by atoms with E-state index in [1.165, 1.54) is 27.5 Å². The summed E-state index contributed by atoms with van der Waals surface area (Å²) in [5.41, 5.74) is 4.61. The Morgan fingerprint density at radius 1 is 0.974 bits per heavy atom. The van der Waals surface area contributed by atoms with E-state index in [-0.39, 0.29) is 6.03 Å². The Morgan fingerprint density at radius 2 is 1.74 bits per heavy atom. The zero-order chi connectivity index (χ0) is 26.3. The number of likely N-dealkylation sites (tertiary alicyclic amines) is 1. The van der Waals surface area contributed by atoms with Crippen molar-refractivity contribution in [2.75, 3.05) is 40.5 Å². The Balaban J connectivity index is 1.21. The first-order valence-electron chi connectivity index (χ1n) is 13.7. The Labute approximate surface area is 224 Å². The van der Waals surface area contributed by atoms with Gasteiger partial charge in [-0.1, -0.05) is 42.5 Å². The van der Waals surface area contributed by atoms with Gasteiger partial charge in [-0.15, -0.1) is 0 Å². The molecule has 3 aromatic carbocycles. The van der Waals surface area contributed by atoms with Gasteiger partial charge >= 0.3 is 6.03 Å². The highest BCUT2D eigenvalue weighted by Gasteiger charge is 2.57. The Bertz CT molecular complexity index is 1320. The van der Waals surface area contributed by atoms with Crippen molar-refractivity contribution in [3.63, 3.8) is 0 Å². The summed E-state index contributed by atoms with van der Waals surface area (Å²) in [6, 6.07) is 18.9. The number of ether oxygens (including phenoxy) is 2. The van der Waals surface area contributed by atoms with Crippen LogP contribution in [0.3, 0.4) is 0 Å². The van der Waals surface area contributed by atoms with Crippen LogP contribution in [0.15, 0.2) is 54.6 Å². The zero-order valence-corrected chi connectivity index (χ0v) is 22.4. The number of hydrogen-bond acceptors (Lipinski definition) is 5. The molecule has 1 N–H and O–H groups in total. The van der Waals surface area contributed by atoms with Crippen molar-refractivity contribution in [1.29, 1.82) is 0 Å². The maximum atomic E-state index is 13.6. The molecular formula is C31H37N3O4. The first kappa shape index (κ1) is 25.2. The highest BCUT2D eigenvalue weighted by molar-refractivity contribution is 5.93. The summed E-state index contributed by atoms with van der Waals surface area (Å²) in [5, 5.41) is 14.5. The van der Waals surface area contributed by atoms with Crippen LogP contribution in [-0.2, 0) is 30.7 Å². The molecule has 2 saturated heterocycles. The second-order valence-electron chi connectivity index (χ2n) is 10.9. The molecule has 2 fully saturated rings. The summed E-state index contributed by atoms with van der Waals surface area (Å²) in [6.45, 7) is 3.78. The number of aliphatic hydroxyl groups excluding tert-OH is 1. The van der Waals surface area contributed by atoms with Gasteiger partial charge in [0.05, 0.1) is 25.8 Å². The van der Waals surface area contributed by atoms with Crippen LogP contribution in [-0.4, -0.2) is 78.1 Å². The van der Waals surface area contributed by atoms with Crippen LogP contribution in [0.5, 0.6) is 5.75 Å². The van der Waals surface area contributed by atoms with Crippen LogP contribution in [0.25, 0.3) is 10.8 Å². The molecule has 6 rings (SSSR count). The maximum absolute atomic E-state index is 13.6. The number of methoxy groups -OCH3 is 2. The predicted octanol–water partition coefficient (Wildman–Crippen LogP) is 4.18. The van der Waals surface area contributed by atoms with E-state index in [1.54, 1.807) is 19.1 Å². The van der Waals surface area contributed by atoms with Gasteiger partial charge < -0.3 is 19.5 Å². The lowest BCUT2D eigenvalue weighted by Crippen LogP contribution is -2.58. The fourth-order valence-electron chi connectivity index (χ4n) is 6.81. The molecule has 3 aromatic rings. The third kappa shape index (κ3) is 4.23. The van der Waals surface area contributed by atoms with Crippen molar-refractivity contribution in [1.82, 2.24) is 14.7 Å². The molecule has 1 spiro atoms. The molecule has 1 unspecified atom stereocenters. The predicted molar refractivity (Wildman–Crippen MR) is 147 cm³/mol. The molecule has 7 heteroatoms. The monoisotopic (exact) mass is 515 g/mol.